The molecule has 3 rings (SSSR count). The number of aryl methyl sites for hydroxylation is 1. The Bertz CT molecular complexity index is 1020. The van der Waals surface area contributed by atoms with E-state index in [-0.39, 0.29) is 10.6 Å². The summed E-state index contributed by atoms with van der Waals surface area (Å²) in [5.74, 6) is 0. The van der Waals surface area contributed by atoms with Crippen molar-refractivity contribution in [3.8, 4) is 0 Å². The van der Waals surface area contributed by atoms with Gasteiger partial charge in [0.25, 0.3) is 15.7 Å². The Morgan fingerprint density at radius 3 is 2.42 bits per heavy atom. The number of aromatic amines is 1. The van der Waals surface area contributed by atoms with E-state index in [9.17, 15) is 18.5 Å². The van der Waals surface area contributed by atoms with Crippen molar-refractivity contribution in [2.24, 2.45) is 0 Å². The van der Waals surface area contributed by atoms with Gasteiger partial charge in [-0.2, -0.15) is 0 Å². The van der Waals surface area contributed by atoms with Crippen molar-refractivity contribution in [3.05, 3.63) is 64.3 Å². The molecule has 24 heavy (non-hydrogen) atoms. The standard InChI is InChI=1S/C16H15N3O4S/c1-11-3-5-12(6-4-11)18(2)24(22,23)16-10-17-15-8-7-13(19(20)21)9-14(15)16/h3-10,17H,1-2H3. The van der Waals surface area contributed by atoms with Crippen LogP contribution in [0.3, 0.4) is 0 Å². The van der Waals surface area contributed by atoms with Crippen molar-refractivity contribution >= 4 is 32.3 Å². The quantitative estimate of drug-likeness (QED) is 0.580. The van der Waals surface area contributed by atoms with Crippen LogP contribution in [0, 0.1) is 17.0 Å². The topological polar surface area (TPSA) is 96.3 Å². The van der Waals surface area contributed by atoms with Gasteiger partial charge in [-0.1, -0.05) is 17.7 Å². The van der Waals surface area contributed by atoms with Gasteiger partial charge >= 0.3 is 0 Å². The van der Waals surface area contributed by atoms with Crippen molar-refractivity contribution < 1.29 is 13.3 Å². The number of fused-ring (bicyclic) bond motifs is 1. The number of nitro groups is 1. The Balaban J connectivity index is 2.12. The van der Waals surface area contributed by atoms with Gasteiger partial charge in [0.2, 0.25) is 0 Å². The Labute approximate surface area is 138 Å². The fourth-order valence-electron chi connectivity index (χ4n) is 2.45. The number of hydrogen-bond donors (Lipinski definition) is 1. The van der Waals surface area contributed by atoms with E-state index in [4.69, 9.17) is 0 Å². The lowest BCUT2D eigenvalue weighted by Crippen LogP contribution is -2.26. The molecular formula is C16H15N3O4S. The van der Waals surface area contributed by atoms with Gasteiger partial charge in [-0.25, -0.2) is 8.42 Å². The molecule has 3 aromatic rings. The molecule has 0 atom stereocenters. The molecule has 8 heteroatoms. The molecule has 2 aromatic carbocycles. The fourth-order valence-corrected chi connectivity index (χ4v) is 3.80. The Hall–Kier alpha value is -2.87. The van der Waals surface area contributed by atoms with E-state index < -0.39 is 14.9 Å². The van der Waals surface area contributed by atoms with Crippen molar-refractivity contribution in [2.75, 3.05) is 11.4 Å². The zero-order valence-electron chi connectivity index (χ0n) is 13.1. The summed E-state index contributed by atoms with van der Waals surface area (Å²) in [6.07, 6.45) is 1.36. The number of non-ortho nitro benzene ring substituents is 1. The van der Waals surface area contributed by atoms with Gasteiger partial charge in [0, 0.05) is 36.3 Å². The van der Waals surface area contributed by atoms with E-state index in [1.165, 1.54) is 31.4 Å². The van der Waals surface area contributed by atoms with Crippen LogP contribution in [0.4, 0.5) is 11.4 Å². The van der Waals surface area contributed by atoms with E-state index in [2.05, 4.69) is 4.98 Å². The molecule has 0 bridgehead atoms. The predicted molar refractivity (Wildman–Crippen MR) is 91.7 cm³/mol. The molecule has 124 valence electrons. The first-order chi connectivity index (χ1) is 11.3. The molecule has 0 saturated carbocycles. The van der Waals surface area contributed by atoms with Gasteiger partial charge in [0.1, 0.15) is 4.90 Å². The summed E-state index contributed by atoms with van der Waals surface area (Å²) in [7, 11) is -2.40. The highest BCUT2D eigenvalue weighted by Crippen LogP contribution is 2.30. The molecule has 0 fully saturated rings. The predicted octanol–water partition coefficient (Wildman–Crippen LogP) is 3.21. The van der Waals surface area contributed by atoms with E-state index in [1.807, 2.05) is 19.1 Å². The largest absolute Gasteiger partial charge is 0.360 e. The van der Waals surface area contributed by atoms with Crippen molar-refractivity contribution in [1.29, 1.82) is 0 Å². The van der Waals surface area contributed by atoms with Crippen molar-refractivity contribution in [3.63, 3.8) is 0 Å². The molecule has 0 spiro atoms. The minimum atomic E-state index is -3.85. The lowest BCUT2D eigenvalue weighted by Gasteiger charge is -2.19. The van der Waals surface area contributed by atoms with E-state index in [0.717, 1.165) is 9.87 Å². The number of nitrogens with zero attached hydrogens (tertiary/aromatic N) is 2. The highest BCUT2D eigenvalue weighted by molar-refractivity contribution is 7.93. The summed E-state index contributed by atoms with van der Waals surface area (Å²) in [5.41, 5.74) is 1.90. The van der Waals surface area contributed by atoms with Gasteiger partial charge in [-0.15, -0.1) is 0 Å². The lowest BCUT2D eigenvalue weighted by atomic mass is 10.2. The normalized spacial score (nSPS) is 11.6. The summed E-state index contributed by atoms with van der Waals surface area (Å²) in [6.45, 7) is 1.91. The number of H-pyrrole nitrogens is 1. The molecule has 0 aliphatic rings. The van der Waals surface area contributed by atoms with Gasteiger partial charge in [0.15, 0.2) is 0 Å². The maximum Gasteiger partial charge on any atom is 0.270 e. The van der Waals surface area contributed by atoms with Gasteiger partial charge in [0.05, 0.1) is 10.6 Å². The maximum absolute atomic E-state index is 12.9. The molecule has 0 saturated heterocycles. The zero-order chi connectivity index (χ0) is 17.5. The Kier molecular flexibility index (Phi) is 3.76. The molecule has 1 N–H and O–H groups in total. The minimum Gasteiger partial charge on any atom is -0.360 e. The summed E-state index contributed by atoms with van der Waals surface area (Å²) in [5, 5.41) is 11.2. The van der Waals surface area contributed by atoms with Crippen LogP contribution in [-0.4, -0.2) is 25.4 Å². The van der Waals surface area contributed by atoms with Crippen LogP contribution in [-0.2, 0) is 10.0 Å². The maximum atomic E-state index is 12.9. The lowest BCUT2D eigenvalue weighted by molar-refractivity contribution is -0.384. The molecule has 0 aliphatic carbocycles. The van der Waals surface area contributed by atoms with E-state index in [1.54, 1.807) is 12.1 Å². The third kappa shape index (κ3) is 2.61. The zero-order valence-corrected chi connectivity index (χ0v) is 13.9. The Morgan fingerprint density at radius 1 is 1.12 bits per heavy atom. The SMILES string of the molecule is Cc1ccc(N(C)S(=O)(=O)c2c[nH]c3ccc([N+](=O)[O-])cc23)cc1. The number of nitrogens with one attached hydrogen (secondary N) is 1. The van der Waals surface area contributed by atoms with Crippen molar-refractivity contribution in [2.45, 2.75) is 11.8 Å². The van der Waals surface area contributed by atoms with Gasteiger partial charge in [-0.05, 0) is 25.1 Å². The second-order valence-corrected chi connectivity index (χ2v) is 7.39. The van der Waals surface area contributed by atoms with Crippen LogP contribution < -0.4 is 4.31 Å². The first kappa shape index (κ1) is 16.0. The number of hydrogen-bond acceptors (Lipinski definition) is 4. The fraction of sp³-hybridized carbons (Fsp3) is 0.125. The molecule has 0 unspecified atom stereocenters. The summed E-state index contributed by atoms with van der Waals surface area (Å²) < 4.78 is 27.0. The molecular weight excluding hydrogens is 330 g/mol. The first-order valence-electron chi connectivity index (χ1n) is 7.12. The van der Waals surface area contributed by atoms with Gasteiger partial charge < -0.3 is 4.98 Å². The molecule has 1 aromatic heterocycles. The number of benzene rings is 2. The molecule has 0 amide bonds. The van der Waals surface area contributed by atoms with Crippen LogP contribution in [0.5, 0.6) is 0 Å². The van der Waals surface area contributed by atoms with Crippen LogP contribution in [0.15, 0.2) is 53.6 Å². The summed E-state index contributed by atoms with van der Waals surface area (Å²) >= 11 is 0. The second kappa shape index (κ2) is 5.64. The summed E-state index contributed by atoms with van der Waals surface area (Å²) in [4.78, 5) is 13.3. The number of aromatic nitrogens is 1. The average Bonchev–Trinajstić information content (AvgIpc) is 2.98. The molecule has 0 radical (unpaired) electrons. The van der Waals surface area contributed by atoms with Crippen LogP contribution in [0.1, 0.15) is 5.56 Å². The number of rotatable bonds is 4. The average molecular weight is 345 g/mol. The number of sulfonamides is 1. The molecule has 7 nitrogen and oxygen atoms in total. The van der Waals surface area contributed by atoms with Crippen molar-refractivity contribution in [1.82, 2.24) is 4.98 Å². The monoisotopic (exact) mass is 345 g/mol. The smallest absolute Gasteiger partial charge is 0.270 e. The third-order valence-electron chi connectivity index (χ3n) is 3.87. The minimum absolute atomic E-state index is 0.00396. The van der Waals surface area contributed by atoms with Crippen LogP contribution in [0.25, 0.3) is 10.9 Å². The van der Waals surface area contributed by atoms with E-state index in [0.29, 0.717) is 16.6 Å². The Morgan fingerprint density at radius 2 is 1.79 bits per heavy atom. The molecule has 1 heterocycles. The van der Waals surface area contributed by atoms with Crippen LogP contribution in [0.2, 0.25) is 0 Å². The van der Waals surface area contributed by atoms with Crippen LogP contribution >= 0.6 is 0 Å². The number of nitro benzene ring substituents is 1. The van der Waals surface area contributed by atoms with Gasteiger partial charge in [-0.3, -0.25) is 14.4 Å². The highest BCUT2D eigenvalue weighted by atomic mass is 32.2. The molecule has 0 aliphatic heterocycles. The first-order valence-corrected chi connectivity index (χ1v) is 8.56. The highest BCUT2D eigenvalue weighted by Gasteiger charge is 2.25. The summed E-state index contributed by atoms with van der Waals surface area (Å²) in [6, 6.07) is 11.2. The van der Waals surface area contributed by atoms with E-state index >= 15 is 0 Å². The second-order valence-electron chi connectivity index (χ2n) is 5.45. The third-order valence-corrected chi connectivity index (χ3v) is 5.70. The number of anilines is 1.